The van der Waals surface area contributed by atoms with Gasteiger partial charge in [-0.1, -0.05) is 0 Å². The summed E-state index contributed by atoms with van der Waals surface area (Å²) in [6.45, 7) is 9.81. The summed E-state index contributed by atoms with van der Waals surface area (Å²) in [6.07, 6.45) is 1.72. The molecule has 0 saturated heterocycles. The number of aryl methyl sites for hydroxylation is 1. The monoisotopic (exact) mass is 238 g/mol. The highest BCUT2D eigenvalue weighted by Crippen LogP contribution is 2.28. The smallest absolute Gasteiger partial charge is 0.227 e. The number of nitrogens with two attached hydrogens (primary N) is 1. The van der Waals surface area contributed by atoms with E-state index in [9.17, 15) is 4.79 Å². The topological polar surface area (TPSA) is 83.8 Å². The highest BCUT2D eigenvalue weighted by atomic mass is 16.2. The normalized spacial score (nSPS) is 12.6. The number of aromatic amines is 1. The number of nitrogens with zero attached hydrogens (tertiary/aromatic N) is 1. The summed E-state index contributed by atoms with van der Waals surface area (Å²) in [4.78, 5) is 12.1. The lowest BCUT2D eigenvalue weighted by molar-refractivity contribution is -0.132. The average Bonchev–Trinajstić information content (AvgIpc) is 2.58. The van der Waals surface area contributed by atoms with Crippen LogP contribution in [0.2, 0.25) is 0 Å². The number of nitrogens with one attached hydrogen (secondary N) is 2. The van der Waals surface area contributed by atoms with Crippen LogP contribution in [0.25, 0.3) is 0 Å². The molecule has 0 bridgehead atoms. The Bertz CT molecular complexity index is 401. The van der Waals surface area contributed by atoms with Gasteiger partial charge in [0.25, 0.3) is 0 Å². The standard InChI is InChI=1S/C12H22N4O/c1-8-9(7-15-16-8)6-14-10(17)11(2,3)12(4,5)13/h7H,6,13H2,1-5H3,(H,14,17)(H,15,16). The van der Waals surface area contributed by atoms with Crippen molar-refractivity contribution >= 4 is 5.91 Å². The van der Waals surface area contributed by atoms with Crippen LogP contribution in [0.15, 0.2) is 6.20 Å². The lowest BCUT2D eigenvalue weighted by Crippen LogP contribution is -2.55. The maximum absolute atomic E-state index is 12.1. The molecule has 0 atom stereocenters. The largest absolute Gasteiger partial charge is 0.351 e. The molecule has 5 nitrogen and oxygen atoms in total. The number of carbonyl (C=O) groups is 1. The summed E-state index contributed by atoms with van der Waals surface area (Å²) in [5.74, 6) is -0.0504. The highest BCUT2D eigenvalue weighted by Gasteiger charge is 2.40. The van der Waals surface area contributed by atoms with Crippen LogP contribution < -0.4 is 11.1 Å². The molecule has 0 aliphatic carbocycles. The molecule has 0 radical (unpaired) electrons. The minimum absolute atomic E-state index is 0.0504. The Morgan fingerprint density at radius 1 is 1.47 bits per heavy atom. The Hall–Kier alpha value is -1.36. The highest BCUT2D eigenvalue weighted by molar-refractivity contribution is 5.83. The van der Waals surface area contributed by atoms with Crippen molar-refractivity contribution in [1.82, 2.24) is 15.5 Å². The van der Waals surface area contributed by atoms with Gasteiger partial charge in [-0.3, -0.25) is 9.89 Å². The summed E-state index contributed by atoms with van der Waals surface area (Å²) in [6, 6.07) is 0. The van der Waals surface area contributed by atoms with E-state index in [1.54, 1.807) is 6.20 Å². The van der Waals surface area contributed by atoms with Crippen LogP contribution in [0.1, 0.15) is 39.0 Å². The van der Waals surface area contributed by atoms with Gasteiger partial charge in [0.15, 0.2) is 0 Å². The molecule has 17 heavy (non-hydrogen) atoms. The van der Waals surface area contributed by atoms with Crippen molar-refractivity contribution < 1.29 is 4.79 Å². The van der Waals surface area contributed by atoms with Crippen LogP contribution in [0.4, 0.5) is 0 Å². The van der Waals surface area contributed by atoms with E-state index in [4.69, 9.17) is 5.73 Å². The van der Waals surface area contributed by atoms with Crippen molar-refractivity contribution in [2.45, 2.75) is 46.7 Å². The zero-order valence-corrected chi connectivity index (χ0v) is 11.2. The molecule has 1 aromatic heterocycles. The second kappa shape index (κ2) is 4.49. The Kier molecular flexibility index (Phi) is 3.62. The lowest BCUT2D eigenvalue weighted by Gasteiger charge is -2.36. The number of amides is 1. The van der Waals surface area contributed by atoms with Gasteiger partial charge >= 0.3 is 0 Å². The number of carbonyl (C=O) groups excluding carboxylic acids is 1. The molecule has 4 N–H and O–H groups in total. The van der Waals surface area contributed by atoms with Gasteiger partial charge in [-0.25, -0.2) is 0 Å². The van der Waals surface area contributed by atoms with Gasteiger partial charge in [0, 0.05) is 23.3 Å². The first-order valence-electron chi connectivity index (χ1n) is 5.72. The molecule has 0 fully saturated rings. The fourth-order valence-corrected chi connectivity index (χ4v) is 1.24. The Morgan fingerprint density at radius 3 is 2.47 bits per heavy atom. The van der Waals surface area contributed by atoms with Crippen molar-refractivity contribution in [1.29, 1.82) is 0 Å². The van der Waals surface area contributed by atoms with Gasteiger partial charge in [0.05, 0.1) is 11.6 Å². The second-order valence-electron chi connectivity index (χ2n) is 5.55. The van der Waals surface area contributed by atoms with Crippen molar-refractivity contribution in [3.63, 3.8) is 0 Å². The third kappa shape index (κ3) is 2.85. The quantitative estimate of drug-likeness (QED) is 0.734. The van der Waals surface area contributed by atoms with Crippen molar-refractivity contribution in [2.75, 3.05) is 0 Å². The Labute approximate surface area is 102 Å². The minimum Gasteiger partial charge on any atom is -0.351 e. The fourth-order valence-electron chi connectivity index (χ4n) is 1.24. The van der Waals surface area contributed by atoms with E-state index in [0.29, 0.717) is 6.54 Å². The molecule has 0 aliphatic rings. The first kappa shape index (κ1) is 13.7. The maximum atomic E-state index is 12.1. The van der Waals surface area contributed by atoms with Crippen LogP contribution >= 0.6 is 0 Å². The van der Waals surface area contributed by atoms with E-state index in [1.165, 1.54) is 0 Å². The third-order valence-electron chi connectivity index (χ3n) is 3.55. The number of hydrogen-bond donors (Lipinski definition) is 3. The van der Waals surface area contributed by atoms with Gasteiger partial charge in [-0.2, -0.15) is 5.10 Å². The first-order valence-corrected chi connectivity index (χ1v) is 5.72. The third-order valence-corrected chi connectivity index (χ3v) is 3.55. The summed E-state index contributed by atoms with van der Waals surface area (Å²) in [7, 11) is 0. The first-order chi connectivity index (χ1) is 7.66. The summed E-state index contributed by atoms with van der Waals surface area (Å²) < 4.78 is 0. The lowest BCUT2D eigenvalue weighted by atomic mass is 9.74. The average molecular weight is 238 g/mol. The van der Waals surface area contributed by atoms with Crippen LogP contribution in [0, 0.1) is 12.3 Å². The fraction of sp³-hybridized carbons (Fsp3) is 0.667. The Morgan fingerprint density at radius 2 is 2.06 bits per heavy atom. The minimum atomic E-state index is -0.620. The number of hydrogen-bond acceptors (Lipinski definition) is 3. The van der Waals surface area contributed by atoms with Gasteiger partial charge < -0.3 is 11.1 Å². The summed E-state index contributed by atoms with van der Waals surface area (Å²) in [5.41, 5.74) is 6.78. The van der Waals surface area contributed by atoms with Crippen molar-refractivity contribution in [2.24, 2.45) is 11.1 Å². The van der Waals surface area contributed by atoms with Crippen LogP contribution in [-0.4, -0.2) is 21.6 Å². The molecule has 0 aliphatic heterocycles. The molecule has 1 amide bonds. The van der Waals surface area contributed by atoms with Crippen LogP contribution in [-0.2, 0) is 11.3 Å². The molecule has 1 heterocycles. The predicted octanol–water partition coefficient (Wildman–Crippen LogP) is 1.10. The molecule has 0 saturated carbocycles. The second-order valence-corrected chi connectivity index (χ2v) is 5.55. The van der Waals surface area contributed by atoms with Gasteiger partial charge in [0.2, 0.25) is 5.91 Å². The van der Waals surface area contributed by atoms with Crippen molar-refractivity contribution in [3.05, 3.63) is 17.5 Å². The van der Waals surface area contributed by atoms with E-state index >= 15 is 0 Å². The molecular weight excluding hydrogens is 216 g/mol. The van der Waals surface area contributed by atoms with E-state index in [2.05, 4.69) is 15.5 Å². The molecule has 5 heteroatoms. The molecule has 1 rings (SSSR count). The number of H-pyrrole nitrogens is 1. The molecule has 1 aromatic rings. The Balaban J connectivity index is 2.65. The molecular formula is C12H22N4O. The van der Waals surface area contributed by atoms with Gasteiger partial charge in [0.1, 0.15) is 0 Å². The van der Waals surface area contributed by atoms with E-state index < -0.39 is 11.0 Å². The van der Waals surface area contributed by atoms with E-state index in [-0.39, 0.29) is 5.91 Å². The zero-order chi connectivity index (χ0) is 13.3. The van der Waals surface area contributed by atoms with Gasteiger partial charge in [-0.15, -0.1) is 0 Å². The van der Waals surface area contributed by atoms with Crippen LogP contribution in [0.3, 0.4) is 0 Å². The van der Waals surface area contributed by atoms with Gasteiger partial charge in [-0.05, 0) is 34.6 Å². The molecule has 96 valence electrons. The van der Waals surface area contributed by atoms with E-state index in [1.807, 2.05) is 34.6 Å². The molecule has 0 aromatic carbocycles. The molecule has 0 spiro atoms. The zero-order valence-electron chi connectivity index (χ0n) is 11.2. The molecule has 0 unspecified atom stereocenters. The SMILES string of the molecule is Cc1[nH]ncc1CNC(=O)C(C)(C)C(C)(C)N. The van der Waals surface area contributed by atoms with Crippen LogP contribution in [0.5, 0.6) is 0 Å². The summed E-state index contributed by atoms with van der Waals surface area (Å²) in [5, 5.41) is 9.64. The maximum Gasteiger partial charge on any atom is 0.227 e. The van der Waals surface area contributed by atoms with E-state index in [0.717, 1.165) is 11.3 Å². The summed E-state index contributed by atoms with van der Waals surface area (Å²) >= 11 is 0. The predicted molar refractivity (Wildman–Crippen MR) is 67.2 cm³/mol. The van der Waals surface area contributed by atoms with Crippen molar-refractivity contribution in [3.8, 4) is 0 Å². The number of rotatable bonds is 4. The number of aromatic nitrogens is 2.